The van der Waals surface area contributed by atoms with Crippen molar-refractivity contribution in [3.63, 3.8) is 0 Å². The van der Waals surface area contributed by atoms with Crippen molar-refractivity contribution in [1.29, 1.82) is 0 Å². The fraction of sp³-hybridized carbons (Fsp3) is 0.294. The van der Waals surface area contributed by atoms with Gasteiger partial charge in [-0.3, -0.25) is 5.32 Å². The summed E-state index contributed by atoms with van der Waals surface area (Å²) < 4.78 is 9.91. The minimum absolute atomic E-state index is 0.302. The molecule has 0 saturated carbocycles. The normalized spacial score (nSPS) is 10.3. The molecule has 1 heterocycles. The standard InChI is InChI=1S/C17H18ClNO4S/c1-4-8-23-17(21)19-15-14(16(20)22-3)13(10(2)24-15)11-6-5-7-12(18)9-11/h5-7,9H,4,8H2,1-3H3,(H,19,21). The number of esters is 1. The van der Waals surface area contributed by atoms with Crippen molar-refractivity contribution in [1.82, 2.24) is 0 Å². The average molecular weight is 368 g/mol. The van der Waals surface area contributed by atoms with Crippen LogP contribution in [-0.2, 0) is 9.47 Å². The zero-order valence-corrected chi connectivity index (χ0v) is 15.2. The average Bonchev–Trinajstić information content (AvgIpc) is 2.88. The Kier molecular flexibility index (Phi) is 6.23. The number of methoxy groups -OCH3 is 1. The number of rotatable bonds is 5. The van der Waals surface area contributed by atoms with Crippen molar-refractivity contribution in [2.45, 2.75) is 20.3 Å². The molecular weight excluding hydrogens is 350 g/mol. The second-order valence-corrected chi connectivity index (χ2v) is 6.66. The van der Waals surface area contributed by atoms with E-state index < -0.39 is 12.1 Å². The van der Waals surface area contributed by atoms with Crippen LogP contribution >= 0.6 is 22.9 Å². The number of amides is 1. The number of anilines is 1. The molecule has 24 heavy (non-hydrogen) atoms. The zero-order chi connectivity index (χ0) is 17.7. The molecule has 0 aliphatic rings. The Morgan fingerprint density at radius 2 is 2.08 bits per heavy atom. The smallest absolute Gasteiger partial charge is 0.412 e. The van der Waals surface area contributed by atoms with E-state index in [9.17, 15) is 9.59 Å². The molecule has 2 aromatic rings. The molecule has 0 saturated heterocycles. The van der Waals surface area contributed by atoms with Crippen molar-refractivity contribution < 1.29 is 19.1 Å². The third-order valence-corrected chi connectivity index (χ3v) is 4.50. The molecule has 1 N–H and O–H groups in total. The van der Waals surface area contributed by atoms with E-state index in [4.69, 9.17) is 21.1 Å². The number of thiophene rings is 1. The lowest BCUT2D eigenvalue weighted by molar-refractivity contribution is 0.0603. The van der Waals surface area contributed by atoms with E-state index in [0.717, 1.165) is 10.4 Å². The van der Waals surface area contributed by atoms with E-state index in [-0.39, 0.29) is 0 Å². The number of aryl methyl sites for hydroxylation is 1. The molecule has 0 aliphatic heterocycles. The van der Waals surface area contributed by atoms with Crippen LogP contribution in [0.2, 0.25) is 5.02 Å². The van der Waals surface area contributed by atoms with E-state index in [1.54, 1.807) is 18.2 Å². The second-order valence-electron chi connectivity index (χ2n) is 5.00. The van der Waals surface area contributed by atoms with Crippen molar-refractivity contribution in [2.75, 3.05) is 19.0 Å². The number of halogens is 1. The van der Waals surface area contributed by atoms with Gasteiger partial charge in [-0.15, -0.1) is 11.3 Å². The summed E-state index contributed by atoms with van der Waals surface area (Å²) in [5.74, 6) is -0.528. The Hall–Kier alpha value is -2.05. The fourth-order valence-corrected chi connectivity index (χ4v) is 3.48. The van der Waals surface area contributed by atoms with Crippen molar-refractivity contribution in [2.24, 2.45) is 0 Å². The third kappa shape index (κ3) is 4.07. The molecular formula is C17H18ClNO4S. The Morgan fingerprint density at radius 1 is 1.33 bits per heavy atom. The Morgan fingerprint density at radius 3 is 2.71 bits per heavy atom. The van der Waals surface area contributed by atoms with Crippen LogP contribution in [0.4, 0.5) is 9.80 Å². The number of carbonyl (C=O) groups excluding carboxylic acids is 2. The van der Waals surface area contributed by atoms with Gasteiger partial charge in [0.15, 0.2) is 0 Å². The highest BCUT2D eigenvalue weighted by atomic mass is 35.5. The van der Waals surface area contributed by atoms with Gasteiger partial charge in [-0.05, 0) is 31.0 Å². The van der Waals surface area contributed by atoms with Crippen LogP contribution in [0.3, 0.4) is 0 Å². The van der Waals surface area contributed by atoms with Gasteiger partial charge in [-0.25, -0.2) is 9.59 Å². The van der Waals surface area contributed by atoms with Gasteiger partial charge in [0.25, 0.3) is 0 Å². The molecule has 0 radical (unpaired) electrons. The first-order valence-corrected chi connectivity index (χ1v) is 8.58. The number of benzene rings is 1. The van der Waals surface area contributed by atoms with Crippen LogP contribution in [0.15, 0.2) is 24.3 Å². The summed E-state index contributed by atoms with van der Waals surface area (Å²) in [5, 5.41) is 3.59. The van der Waals surface area contributed by atoms with Crippen LogP contribution in [0, 0.1) is 6.92 Å². The minimum Gasteiger partial charge on any atom is -0.465 e. The fourth-order valence-electron chi connectivity index (χ4n) is 2.24. The number of nitrogens with one attached hydrogen (secondary N) is 1. The summed E-state index contributed by atoms with van der Waals surface area (Å²) in [4.78, 5) is 25.0. The Balaban J connectivity index is 2.48. The van der Waals surface area contributed by atoms with Gasteiger partial charge >= 0.3 is 12.1 Å². The summed E-state index contributed by atoms with van der Waals surface area (Å²) >= 11 is 7.35. The highest BCUT2D eigenvalue weighted by Gasteiger charge is 2.25. The molecule has 128 valence electrons. The van der Waals surface area contributed by atoms with Crippen LogP contribution in [-0.4, -0.2) is 25.8 Å². The summed E-state index contributed by atoms with van der Waals surface area (Å²) in [6.45, 7) is 4.08. The van der Waals surface area contributed by atoms with Gasteiger partial charge < -0.3 is 9.47 Å². The molecule has 0 aliphatic carbocycles. The largest absolute Gasteiger partial charge is 0.465 e. The van der Waals surface area contributed by atoms with Gasteiger partial charge in [0.1, 0.15) is 10.6 Å². The van der Waals surface area contributed by atoms with Crippen LogP contribution in [0.5, 0.6) is 0 Å². The molecule has 1 aromatic heterocycles. The number of hydrogen-bond donors (Lipinski definition) is 1. The van der Waals surface area contributed by atoms with E-state index in [1.165, 1.54) is 18.4 Å². The van der Waals surface area contributed by atoms with E-state index in [0.29, 0.717) is 34.2 Å². The zero-order valence-electron chi connectivity index (χ0n) is 13.6. The van der Waals surface area contributed by atoms with Gasteiger partial charge in [-0.1, -0.05) is 30.7 Å². The molecule has 1 aromatic carbocycles. The van der Waals surface area contributed by atoms with Crippen LogP contribution < -0.4 is 5.32 Å². The van der Waals surface area contributed by atoms with Crippen molar-refractivity contribution >= 4 is 40.0 Å². The molecule has 2 rings (SSSR count). The lowest BCUT2D eigenvalue weighted by Gasteiger charge is -2.08. The molecule has 7 heteroatoms. The van der Waals surface area contributed by atoms with Crippen molar-refractivity contribution in [3.8, 4) is 11.1 Å². The first kappa shape index (κ1) is 18.3. The quantitative estimate of drug-likeness (QED) is 0.744. The third-order valence-electron chi connectivity index (χ3n) is 3.24. The molecule has 0 fully saturated rings. The summed E-state index contributed by atoms with van der Waals surface area (Å²) in [5.41, 5.74) is 1.78. The highest BCUT2D eigenvalue weighted by molar-refractivity contribution is 7.17. The maximum absolute atomic E-state index is 12.3. The molecule has 1 amide bonds. The topological polar surface area (TPSA) is 64.6 Å². The molecule has 0 atom stereocenters. The maximum atomic E-state index is 12.3. The Bertz CT molecular complexity index is 757. The summed E-state index contributed by atoms with van der Waals surface area (Å²) in [6.07, 6.45) is 0.120. The molecule has 0 bridgehead atoms. The number of ether oxygens (including phenoxy) is 2. The van der Waals surface area contributed by atoms with E-state index in [1.807, 2.05) is 19.9 Å². The summed E-state index contributed by atoms with van der Waals surface area (Å²) in [7, 11) is 1.30. The highest BCUT2D eigenvalue weighted by Crippen LogP contribution is 2.40. The lowest BCUT2D eigenvalue weighted by Crippen LogP contribution is -2.15. The van der Waals surface area contributed by atoms with Gasteiger partial charge in [0, 0.05) is 15.5 Å². The van der Waals surface area contributed by atoms with Crippen molar-refractivity contribution in [3.05, 3.63) is 39.7 Å². The van der Waals surface area contributed by atoms with Gasteiger partial charge in [-0.2, -0.15) is 0 Å². The summed E-state index contributed by atoms with van der Waals surface area (Å²) in [6, 6.07) is 7.18. The van der Waals surface area contributed by atoms with E-state index in [2.05, 4.69) is 5.32 Å². The predicted octanol–water partition coefficient (Wildman–Crippen LogP) is 5.12. The number of carbonyl (C=O) groups is 2. The molecule has 5 nitrogen and oxygen atoms in total. The second kappa shape index (κ2) is 8.17. The van der Waals surface area contributed by atoms with Gasteiger partial charge in [0.05, 0.1) is 13.7 Å². The molecule has 0 spiro atoms. The maximum Gasteiger partial charge on any atom is 0.412 e. The Labute approximate surface area is 149 Å². The van der Waals surface area contributed by atoms with E-state index >= 15 is 0 Å². The van der Waals surface area contributed by atoms with Crippen LogP contribution in [0.25, 0.3) is 11.1 Å². The SMILES string of the molecule is CCCOC(=O)Nc1sc(C)c(-c2cccc(Cl)c2)c1C(=O)OC. The monoisotopic (exact) mass is 367 g/mol. The predicted molar refractivity (Wildman–Crippen MR) is 96.1 cm³/mol. The molecule has 0 unspecified atom stereocenters. The lowest BCUT2D eigenvalue weighted by atomic mass is 10.0. The first-order valence-electron chi connectivity index (χ1n) is 7.39. The van der Waals surface area contributed by atoms with Crippen LogP contribution in [0.1, 0.15) is 28.6 Å². The van der Waals surface area contributed by atoms with Gasteiger partial charge in [0.2, 0.25) is 0 Å². The number of hydrogen-bond acceptors (Lipinski definition) is 5. The first-order chi connectivity index (χ1) is 11.5. The minimum atomic E-state index is -0.596.